The van der Waals surface area contributed by atoms with E-state index in [9.17, 15) is 9.59 Å². The van der Waals surface area contributed by atoms with E-state index in [1.165, 1.54) is 0 Å². The monoisotopic (exact) mass is 238 g/mol. The number of aliphatic hydroxyl groups is 1. The summed E-state index contributed by atoms with van der Waals surface area (Å²) in [6.45, 7) is -0.0698. The van der Waals surface area contributed by atoms with Crippen LogP contribution in [0.1, 0.15) is 11.1 Å². The van der Waals surface area contributed by atoms with Crippen LogP contribution in [-0.4, -0.2) is 29.3 Å². The van der Waals surface area contributed by atoms with E-state index in [1.54, 1.807) is 24.3 Å². The van der Waals surface area contributed by atoms with Crippen LogP contribution in [0.15, 0.2) is 24.3 Å². The highest BCUT2D eigenvalue weighted by Gasteiger charge is 2.27. The predicted octanol–water partition coefficient (Wildman–Crippen LogP) is 0.595. The van der Waals surface area contributed by atoms with Crippen LogP contribution in [-0.2, 0) is 27.4 Å². The molecule has 92 valence electrons. The summed E-state index contributed by atoms with van der Waals surface area (Å²) in [6.07, 6.45) is 0.0771. The fourth-order valence-electron chi connectivity index (χ4n) is 1.43. The van der Waals surface area contributed by atoms with Crippen LogP contribution < -0.4 is 0 Å². The number of carboxylic acids is 1. The second kappa shape index (κ2) is 6.00. The maximum Gasteiger partial charge on any atom is 0.320 e. The number of ether oxygens (including phenoxy) is 1. The minimum absolute atomic E-state index is 0.0698. The molecule has 0 saturated carbocycles. The minimum Gasteiger partial charge on any atom is -0.481 e. The van der Waals surface area contributed by atoms with E-state index < -0.39 is 17.9 Å². The van der Waals surface area contributed by atoms with E-state index in [2.05, 4.69) is 4.74 Å². The van der Waals surface area contributed by atoms with Gasteiger partial charge in [-0.3, -0.25) is 9.59 Å². The van der Waals surface area contributed by atoms with Crippen molar-refractivity contribution < 1.29 is 24.5 Å². The first-order valence-corrected chi connectivity index (χ1v) is 5.07. The molecular weight excluding hydrogens is 224 g/mol. The number of carboxylic acid groups (broad SMARTS) is 1. The van der Waals surface area contributed by atoms with Crippen molar-refractivity contribution >= 4 is 11.9 Å². The maximum absolute atomic E-state index is 11.2. The molecule has 1 unspecified atom stereocenters. The number of hydrogen-bond acceptors (Lipinski definition) is 4. The van der Waals surface area contributed by atoms with Gasteiger partial charge < -0.3 is 14.9 Å². The normalized spacial score (nSPS) is 11.9. The molecule has 0 saturated heterocycles. The molecule has 0 aliphatic carbocycles. The van der Waals surface area contributed by atoms with Crippen molar-refractivity contribution in [3.05, 3.63) is 35.4 Å². The van der Waals surface area contributed by atoms with Crippen LogP contribution in [0, 0.1) is 5.92 Å². The number of esters is 1. The Labute approximate surface area is 98.6 Å². The van der Waals surface area contributed by atoms with Gasteiger partial charge >= 0.3 is 11.9 Å². The van der Waals surface area contributed by atoms with Gasteiger partial charge in [-0.15, -0.1) is 0 Å². The van der Waals surface area contributed by atoms with Gasteiger partial charge in [0.05, 0.1) is 13.7 Å². The van der Waals surface area contributed by atoms with Crippen LogP contribution in [0.2, 0.25) is 0 Å². The van der Waals surface area contributed by atoms with Crippen molar-refractivity contribution in [2.45, 2.75) is 13.0 Å². The van der Waals surface area contributed by atoms with Crippen LogP contribution in [0.3, 0.4) is 0 Å². The molecule has 0 aliphatic rings. The number of aliphatic hydroxyl groups excluding tert-OH is 1. The standard InChI is InChI=1S/C12H14O5/c1-17-12(16)10(11(14)15)6-8-2-4-9(7-13)5-3-8/h2-5,10,13H,6-7H2,1H3,(H,14,15). The van der Waals surface area contributed by atoms with Gasteiger partial charge in [-0.05, 0) is 17.5 Å². The van der Waals surface area contributed by atoms with Crippen LogP contribution in [0.5, 0.6) is 0 Å². The molecule has 0 aromatic heterocycles. The van der Waals surface area contributed by atoms with E-state index in [4.69, 9.17) is 10.2 Å². The number of carbonyl (C=O) groups is 2. The van der Waals surface area contributed by atoms with E-state index >= 15 is 0 Å². The Bertz CT molecular complexity index is 396. The lowest BCUT2D eigenvalue weighted by Crippen LogP contribution is -2.27. The van der Waals surface area contributed by atoms with E-state index in [-0.39, 0.29) is 13.0 Å². The van der Waals surface area contributed by atoms with Crippen molar-refractivity contribution in [1.29, 1.82) is 0 Å². The topological polar surface area (TPSA) is 83.8 Å². The van der Waals surface area contributed by atoms with Gasteiger partial charge in [-0.1, -0.05) is 24.3 Å². The van der Waals surface area contributed by atoms with Gasteiger partial charge in [0.1, 0.15) is 0 Å². The maximum atomic E-state index is 11.2. The predicted molar refractivity (Wildman–Crippen MR) is 59.2 cm³/mol. The van der Waals surface area contributed by atoms with E-state index in [1.807, 2.05) is 0 Å². The molecule has 1 aromatic carbocycles. The van der Waals surface area contributed by atoms with Gasteiger partial charge in [-0.25, -0.2) is 0 Å². The molecule has 0 aliphatic heterocycles. The van der Waals surface area contributed by atoms with Crippen LogP contribution in [0.4, 0.5) is 0 Å². The molecule has 5 nitrogen and oxygen atoms in total. The molecule has 17 heavy (non-hydrogen) atoms. The second-order valence-corrected chi connectivity index (χ2v) is 3.59. The lowest BCUT2D eigenvalue weighted by molar-refractivity contribution is -0.156. The first-order chi connectivity index (χ1) is 8.08. The molecule has 0 bridgehead atoms. The number of rotatable bonds is 5. The lowest BCUT2D eigenvalue weighted by Gasteiger charge is -2.10. The summed E-state index contributed by atoms with van der Waals surface area (Å²) in [5.74, 6) is -3.16. The van der Waals surface area contributed by atoms with Crippen molar-refractivity contribution in [3.8, 4) is 0 Å². The van der Waals surface area contributed by atoms with E-state index in [0.717, 1.165) is 12.7 Å². The van der Waals surface area contributed by atoms with Crippen molar-refractivity contribution in [3.63, 3.8) is 0 Å². The highest BCUT2D eigenvalue weighted by Crippen LogP contribution is 2.12. The van der Waals surface area contributed by atoms with Gasteiger partial charge in [0, 0.05) is 0 Å². The smallest absolute Gasteiger partial charge is 0.320 e. The van der Waals surface area contributed by atoms with Gasteiger partial charge in [-0.2, -0.15) is 0 Å². The van der Waals surface area contributed by atoms with Crippen LogP contribution in [0.25, 0.3) is 0 Å². The zero-order valence-electron chi connectivity index (χ0n) is 9.42. The third-order valence-electron chi connectivity index (χ3n) is 2.43. The van der Waals surface area contributed by atoms with Crippen molar-refractivity contribution in [2.75, 3.05) is 7.11 Å². The molecule has 5 heteroatoms. The number of benzene rings is 1. The summed E-state index contributed by atoms with van der Waals surface area (Å²) in [7, 11) is 1.16. The fourth-order valence-corrected chi connectivity index (χ4v) is 1.43. The second-order valence-electron chi connectivity index (χ2n) is 3.59. The van der Waals surface area contributed by atoms with Gasteiger partial charge in [0.25, 0.3) is 0 Å². The Balaban J connectivity index is 2.79. The van der Waals surface area contributed by atoms with Gasteiger partial charge in [0.2, 0.25) is 0 Å². The summed E-state index contributed by atoms with van der Waals surface area (Å²) in [5, 5.41) is 17.8. The minimum atomic E-state index is -1.21. The average Bonchev–Trinajstić information content (AvgIpc) is 2.35. The lowest BCUT2D eigenvalue weighted by atomic mass is 9.99. The molecule has 1 aromatic rings. The SMILES string of the molecule is COC(=O)C(Cc1ccc(CO)cc1)C(=O)O. The molecule has 0 radical (unpaired) electrons. The summed E-state index contributed by atoms with van der Waals surface area (Å²) < 4.78 is 4.43. The molecule has 0 fully saturated rings. The third-order valence-corrected chi connectivity index (χ3v) is 2.43. The fraction of sp³-hybridized carbons (Fsp3) is 0.333. The highest BCUT2D eigenvalue weighted by atomic mass is 16.5. The summed E-state index contributed by atoms with van der Waals surface area (Å²) >= 11 is 0. The molecule has 2 N–H and O–H groups in total. The number of aliphatic carboxylic acids is 1. The summed E-state index contributed by atoms with van der Waals surface area (Å²) in [6, 6.07) is 6.74. The molecule has 1 atom stereocenters. The first kappa shape index (κ1) is 13.2. The zero-order chi connectivity index (χ0) is 12.8. The Morgan fingerprint density at radius 3 is 2.18 bits per heavy atom. The Kier molecular flexibility index (Phi) is 4.66. The summed E-state index contributed by atoms with van der Waals surface area (Å²) in [4.78, 5) is 22.1. The quantitative estimate of drug-likeness (QED) is 0.579. The Hall–Kier alpha value is -1.88. The molecule has 0 heterocycles. The van der Waals surface area contributed by atoms with Crippen LogP contribution >= 0.6 is 0 Å². The first-order valence-electron chi connectivity index (χ1n) is 5.07. The molecule has 0 spiro atoms. The zero-order valence-corrected chi connectivity index (χ0v) is 9.42. The van der Waals surface area contributed by atoms with Crippen molar-refractivity contribution in [2.24, 2.45) is 5.92 Å². The Morgan fingerprint density at radius 1 is 1.24 bits per heavy atom. The highest BCUT2D eigenvalue weighted by molar-refractivity contribution is 5.94. The number of hydrogen-bond donors (Lipinski definition) is 2. The molecule has 1 rings (SSSR count). The third kappa shape index (κ3) is 3.57. The molecular formula is C12H14O5. The molecule has 0 amide bonds. The van der Waals surface area contributed by atoms with Gasteiger partial charge in [0.15, 0.2) is 5.92 Å². The number of methoxy groups -OCH3 is 1. The Morgan fingerprint density at radius 2 is 1.76 bits per heavy atom. The average molecular weight is 238 g/mol. The number of carbonyl (C=O) groups excluding carboxylic acids is 1. The largest absolute Gasteiger partial charge is 0.481 e. The van der Waals surface area contributed by atoms with Crippen molar-refractivity contribution in [1.82, 2.24) is 0 Å². The summed E-state index contributed by atoms with van der Waals surface area (Å²) in [5.41, 5.74) is 1.44. The van der Waals surface area contributed by atoms with E-state index in [0.29, 0.717) is 5.56 Å².